The second-order valence-electron chi connectivity index (χ2n) is 6.64. The van der Waals surface area contributed by atoms with Gasteiger partial charge in [-0.15, -0.1) is 0 Å². The summed E-state index contributed by atoms with van der Waals surface area (Å²) >= 11 is 0. The Hall–Kier alpha value is -2.63. The Bertz CT molecular complexity index is 973. The third-order valence-electron chi connectivity index (χ3n) is 4.30. The van der Waals surface area contributed by atoms with Crippen molar-refractivity contribution in [3.63, 3.8) is 0 Å². The van der Waals surface area contributed by atoms with Gasteiger partial charge in [0.25, 0.3) is 0 Å². The topological polar surface area (TPSA) is 49.4 Å². The van der Waals surface area contributed by atoms with Gasteiger partial charge >= 0.3 is 0 Å². The first-order valence-electron chi connectivity index (χ1n) is 8.84. The fourth-order valence-corrected chi connectivity index (χ4v) is 3.83. The summed E-state index contributed by atoms with van der Waals surface area (Å²) in [6.45, 7) is 2.53. The Kier molecular flexibility index (Phi) is 5.94. The maximum Gasteiger partial charge on any atom is 0.209 e. The molecule has 0 unspecified atom stereocenters. The minimum Gasteiger partial charge on any atom is -0.340 e. The Morgan fingerprint density at radius 3 is 2.04 bits per heavy atom. The molecule has 0 radical (unpaired) electrons. The number of rotatable bonds is 7. The Balaban J connectivity index is 2.02. The van der Waals surface area contributed by atoms with Crippen molar-refractivity contribution in [1.29, 1.82) is 0 Å². The maximum atomic E-state index is 12.0. The van der Waals surface area contributed by atoms with E-state index in [-0.39, 0.29) is 6.04 Å². The number of nitrogens with one attached hydrogen (secondary N) is 1. The normalized spacial score (nSPS) is 12.5. The number of hydrogen-bond donors (Lipinski definition) is 1. The van der Waals surface area contributed by atoms with E-state index in [2.05, 4.69) is 28.7 Å². The number of aryl methyl sites for hydroxylation is 1. The van der Waals surface area contributed by atoms with Crippen LogP contribution in [0.15, 0.2) is 84.9 Å². The van der Waals surface area contributed by atoms with Gasteiger partial charge in [-0.1, -0.05) is 60.7 Å². The van der Waals surface area contributed by atoms with Crippen molar-refractivity contribution in [2.24, 2.45) is 0 Å². The summed E-state index contributed by atoms with van der Waals surface area (Å²) in [5.41, 5.74) is 4.12. The molecule has 4 nitrogen and oxygen atoms in total. The summed E-state index contributed by atoms with van der Waals surface area (Å²) in [4.78, 5) is 2.14. The van der Waals surface area contributed by atoms with Gasteiger partial charge in [0.2, 0.25) is 10.0 Å². The van der Waals surface area contributed by atoms with E-state index < -0.39 is 10.0 Å². The van der Waals surface area contributed by atoms with E-state index in [1.807, 2.05) is 72.8 Å². The van der Waals surface area contributed by atoms with Crippen LogP contribution in [0.2, 0.25) is 0 Å². The first kappa shape index (κ1) is 19.1. The van der Waals surface area contributed by atoms with Crippen molar-refractivity contribution in [3.8, 4) is 0 Å². The van der Waals surface area contributed by atoms with E-state index >= 15 is 0 Å². The maximum absolute atomic E-state index is 12.0. The smallest absolute Gasteiger partial charge is 0.209 e. The lowest BCUT2D eigenvalue weighted by Crippen LogP contribution is -2.35. The molecule has 1 atom stereocenters. The van der Waals surface area contributed by atoms with E-state index in [1.165, 1.54) is 6.26 Å². The van der Waals surface area contributed by atoms with Gasteiger partial charge in [0.1, 0.15) is 0 Å². The largest absolute Gasteiger partial charge is 0.340 e. The number of nitrogens with zero attached hydrogens (tertiary/aromatic N) is 1. The molecule has 0 aromatic heterocycles. The van der Waals surface area contributed by atoms with Crippen molar-refractivity contribution in [2.45, 2.75) is 13.0 Å². The molecule has 3 aromatic carbocycles. The minimum absolute atomic E-state index is 0.373. The van der Waals surface area contributed by atoms with Gasteiger partial charge in [-0.05, 0) is 42.3 Å². The summed E-state index contributed by atoms with van der Waals surface area (Å²) < 4.78 is 26.8. The van der Waals surface area contributed by atoms with Crippen molar-refractivity contribution < 1.29 is 8.42 Å². The SMILES string of the molecule is Cc1cccc(N(C[C@H](NS(C)(=O)=O)c2ccccc2)c2ccccc2)c1. The van der Waals surface area contributed by atoms with Crippen LogP contribution in [-0.2, 0) is 10.0 Å². The number of sulfonamides is 1. The van der Waals surface area contributed by atoms with Gasteiger partial charge in [-0.25, -0.2) is 13.1 Å². The van der Waals surface area contributed by atoms with Crippen molar-refractivity contribution in [3.05, 3.63) is 96.1 Å². The lowest BCUT2D eigenvalue weighted by Gasteiger charge is -2.30. The van der Waals surface area contributed by atoms with Gasteiger partial charge < -0.3 is 4.90 Å². The van der Waals surface area contributed by atoms with Crippen LogP contribution >= 0.6 is 0 Å². The molecule has 0 spiro atoms. The molecule has 0 aliphatic carbocycles. The zero-order chi connectivity index (χ0) is 19.3. The highest BCUT2D eigenvalue weighted by Crippen LogP contribution is 2.29. The third-order valence-corrected chi connectivity index (χ3v) is 5.02. The van der Waals surface area contributed by atoms with Crippen LogP contribution in [0.1, 0.15) is 17.2 Å². The fourth-order valence-electron chi connectivity index (χ4n) is 3.10. The molecule has 3 aromatic rings. The summed E-state index contributed by atoms with van der Waals surface area (Å²) in [5, 5.41) is 0. The van der Waals surface area contributed by atoms with Gasteiger partial charge in [0.15, 0.2) is 0 Å². The molecule has 27 heavy (non-hydrogen) atoms. The lowest BCUT2D eigenvalue weighted by molar-refractivity contribution is 0.562. The highest BCUT2D eigenvalue weighted by atomic mass is 32.2. The monoisotopic (exact) mass is 380 g/mol. The first-order valence-corrected chi connectivity index (χ1v) is 10.7. The van der Waals surface area contributed by atoms with Gasteiger partial charge in [0.05, 0.1) is 12.3 Å². The van der Waals surface area contributed by atoms with Crippen molar-refractivity contribution in [1.82, 2.24) is 4.72 Å². The summed E-state index contributed by atoms with van der Waals surface area (Å²) in [6, 6.07) is 27.5. The molecule has 0 saturated heterocycles. The van der Waals surface area contributed by atoms with Crippen LogP contribution in [0.25, 0.3) is 0 Å². The van der Waals surface area contributed by atoms with Crippen LogP contribution in [0.3, 0.4) is 0 Å². The van der Waals surface area contributed by atoms with E-state index in [1.54, 1.807) is 0 Å². The first-order chi connectivity index (χ1) is 12.9. The molecule has 140 valence electrons. The minimum atomic E-state index is -3.37. The standard InChI is InChI=1S/C22H24N2O2S/c1-18-10-9-15-21(16-18)24(20-13-7-4-8-14-20)17-22(23-27(2,25)26)19-11-5-3-6-12-19/h3-16,22-23H,17H2,1-2H3/t22-/m0/s1. The van der Waals surface area contributed by atoms with Crippen LogP contribution in [0.5, 0.6) is 0 Å². The van der Waals surface area contributed by atoms with Crippen LogP contribution in [0.4, 0.5) is 11.4 Å². The second-order valence-corrected chi connectivity index (χ2v) is 8.42. The van der Waals surface area contributed by atoms with E-state index in [0.717, 1.165) is 22.5 Å². The number of anilines is 2. The van der Waals surface area contributed by atoms with Crippen molar-refractivity contribution in [2.75, 3.05) is 17.7 Å². The van der Waals surface area contributed by atoms with Crippen LogP contribution < -0.4 is 9.62 Å². The van der Waals surface area contributed by atoms with Crippen molar-refractivity contribution >= 4 is 21.4 Å². The Labute approximate surface area is 161 Å². The molecule has 0 bridgehead atoms. The number of para-hydroxylation sites is 1. The number of benzene rings is 3. The number of hydrogen-bond acceptors (Lipinski definition) is 3. The quantitative estimate of drug-likeness (QED) is 0.660. The molecule has 0 aliphatic heterocycles. The van der Waals surface area contributed by atoms with Gasteiger partial charge in [-0.2, -0.15) is 0 Å². The zero-order valence-electron chi connectivity index (χ0n) is 15.5. The summed E-state index contributed by atoms with van der Waals surface area (Å²) in [6.07, 6.45) is 1.20. The summed E-state index contributed by atoms with van der Waals surface area (Å²) in [7, 11) is -3.37. The van der Waals surface area contributed by atoms with E-state index in [9.17, 15) is 8.42 Å². The molecule has 5 heteroatoms. The Morgan fingerprint density at radius 1 is 0.852 bits per heavy atom. The summed E-state index contributed by atoms with van der Waals surface area (Å²) in [5.74, 6) is 0. The fraction of sp³-hybridized carbons (Fsp3) is 0.182. The molecule has 0 amide bonds. The molecular weight excluding hydrogens is 356 g/mol. The molecular formula is C22H24N2O2S. The van der Waals surface area contributed by atoms with Gasteiger partial charge in [0, 0.05) is 17.9 Å². The van der Waals surface area contributed by atoms with Gasteiger partial charge in [-0.3, -0.25) is 0 Å². The van der Waals surface area contributed by atoms with Crippen LogP contribution in [0, 0.1) is 6.92 Å². The second kappa shape index (κ2) is 8.37. The predicted molar refractivity (Wildman–Crippen MR) is 112 cm³/mol. The molecule has 1 N–H and O–H groups in total. The molecule has 3 rings (SSSR count). The molecule has 0 aliphatic rings. The lowest BCUT2D eigenvalue weighted by atomic mass is 10.1. The average molecular weight is 381 g/mol. The average Bonchev–Trinajstić information content (AvgIpc) is 2.65. The van der Waals surface area contributed by atoms with E-state index in [4.69, 9.17) is 0 Å². The highest BCUT2D eigenvalue weighted by molar-refractivity contribution is 7.88. The molecule has 0 fully saturated rings. The van der Waals surface area contributed by atoms with Crippen LogP contribution in [-0.4, -0.2) is 21.2 Å². The third kappa shape index (κ3) is 5.42. The van der Waals surface area contributed by atoms with E-state index in [0.29, 0.717) is 6.54 Å². The molecule has 0 heterocycles. The predicted octanol–water partition coefficient (Wildman–Crippen LogP) is 4.42. The molecule has 0 saturated carbocycles. The zero-order valence-corrected chi connectivity index (χ0v) is 16.4. The Morgan fingerprint density at radius 2 is 1.44 bits per heavy atom. The highest BCUT2D eigenvalue weighted by Gasteiger charge is 2.21.